The van der Waals surface area contributed by atoms with Gasteiger partial charge in [-0.1, -0.05) is 26.7 Å². The Morgan fingerprint density at radius 3 is 2.00 bits per heavy atom. The molecule has 0 aliphatic rings. The molecule has 0 spiro atoms. The molecule has 4 heteroatoms. The molecule has 88 valence electrons. The molecule has 3 nitrogen and oxygen atoms in total. The standard InChI is InChI=1S/C11H21NO2S/c1-4-6-8-12(9-7-5-2)11(15)14-10(3)13/h4-9H2,1-3H3. The second-order valence-electron chi connectivity index (χ2n) is 3.55. The Bertz CT molecular complexity index is 199. The highest BCUT2D eigenvalue weighted by Crippen LogP contribution is 2.02. The van der Waals surface area contributed by atoms with Crippen molar-refractivity contribution in [3.63, 3.8) is 0 Å². The molecule has 0 heterocycles. The lowest BCUT2D eigenvalue weighted by Crippen LogP contribution is -2.34. The van der Waals surface area contributed by atoms with Crippen molar-refractivity contribution >= 4 is 23.4 Å². The topological polar surface area (TPSA) is 29.5 Å². The second kappa shape index (κ2) is 8.65. The van der Waals surface area contributed by atoms with Gasteiger partial charge in [0.25, 0.3) is 5.17 Å². The molecule has 0 saturated carbocycles. The van der Waals surface area contributed by atoms with Crippen LogP contribution in [0.1, 0.15) is 46.5 Å². The van der Waals surface area contributed by atoms with Gasteiger partial charge >= 0.3 is 5.97 Å². The Labute approximate surface area is 97.8 Å². The third-order valence-corrected chi connectivity index (χ3v) is 2.39. The number of ether oxygens (including phenoxy) is 1. The van der Waals surface area contributed by atoms with E-state index < -0.39 is 0 Å². The molecule has 0 aromatic carbocycles. The number of nitrogens with zero attached hydrogens (tertiary/aromatic N) is 1. The summed E-state index contributed by atoms with van der Waals surface area (Å²) in [4.78, 5) is 12.7. The van der Waals surface area contributed by atoms with E-state index in [1.165, 1.54) is 6.92 Å². The summed E-state index contributed by atoms with van der Waals surface area (Å²) in [6, 6.07) is 0. The van der Waals surface area contributed by atoms with Crippen molar-refractivity contribution in [1.82, 2.24) is 4.90 Å². The summed E-state index contributed by atoms with van der Waals surface area (Å²) in [6.07, 6.45) is 4.38. The van der Waals surface area contributed by atoms with Crippen molar-refractivity contribution in [2.75, 3.05) is 13.1 Å². The number of esters is 1. The lowest BCUT2D eigenvalue weighted by molar-refractivity contribution is -0.133. The van der Waals surface area contributed by atoms with Gasteiger partial charge in [0.1, 0.15) is 0 Å². The summed E-state index contributed by atoms with van der Waals surface area (Å²) in [5.74, 6) is -0.335. The predicted molar refractivity (Wildman–Crippen MR) is 65.8 cm³/mol. The molecule has 0 unspecified atom stereocenters. The molecular weight excluding hydrogens is 210 g/mol. The largest absolute Gasteiger partial charge is 0.399 e. The van der Waals surface area contributed by atoms with Crippen LogP contribution in [0.3, 0.4) is 0 Å². The molecule has 0 rings (SSSR count). The zero-order chi connectivity index (χ0) is 11.7. The third-order valence-electron chi connectivity index (χ3n) is 2.05. The minimum Gasteiger partial charge on any atom is -0.399 e. The van der Waals surface area contributed by atoms with Gasteiger partial charge in [0.05, 0.1) is 0 Å². The summed E-state index contributed by atoms with van der Waals surface area (Å²) >= 11 is 5.06. The van der Waals surface area contributed by atoms with Gasteiger partial charge in [-0.25, -0.2) is 0 Å². The molecule has 0 N–H and O–H groups in total. The number of carbonyl (C=O) groups excluding carboxylic acids is 1. The highest BCUT2D eigenvalue weighted by molar-refractivity contribution is 7.80. The molecule has 0 aromatic heterocycles. The first kappa shape index (κ1) is 14.4. The molecule has 0 aliphatic carbocycles. The maximum atomic E-state index is 10.8. The number of unbranched alkanes of at least 4 members (excludes halogenated alkanes) is 2. The van der Waals surface area contributed by atoms with E-state index in [0.717, 1.165) is 38.8 Å². The summed E-state index contributed by atoms with van der Waals surface area (Å²) in [5, 5.41) is 0.324. The SMILES string of the molecule is CCCCN(CCCC)C(=S)OC(C)=O. The molecule has 0 fully saturated rings. The fraction of sp³-hybridized carbons (Fsp3) is 0.818. The van der Waals surface area contributed by atoms with Crippen LogP contribution in [0.5, 0.6) is 0 Å². The van der Waals surface area contributed by atoms with E-state index in [1.807, 2.05) is 4.90 Å². The maximum absolute atomic E-state index is 10.8. The fourth-order valence-corrected chi connectivity index (χ4v) is 1.48. The van der Waals surface area contributed by atoms with Crippen LogP contribution in [0.4, 0.5) is 0 Å². The van der Waals surface area contributed by atoms with Crippen molar-refractivity contribution in [3.05, 3.63) is 0 Å². The lowest BCUT2D eigenvalue weighted by atomic mass is 10.3. The van der Waals surface area contributed by atoms with Crippen LogP contribution in [0.2, 0.25) is 0 Å². The van der Waals surface area contributed by atoms with Gasteiger partial charge in [-0.3, -0.25) is 4.79 Å². The van der Waals surface area contributed by atoms with Crippen molar-refractivity contribution in [2.24, 2.45) is 0 Å². The molecule has 0 atom stereocenters. The highest BCUT2D eigenvalue weighted by atomic mass is 32.1. The fourth-order valence-electron chi connectivity index (χ4n) is 1.18. The zero-order valence-electron chi connectivity index (χ0n) is 9.91. The second-order valence-corrected chi connectivity index (χ2v) is 3.90. The van der Waals surface area contributed by atoms with Crippen LogP contribution >= 0.6 is 12.2 Å². The van der Waals surface area contributed by atoms with E-state index in [9.17, 15) is 4.79 Å². The van der Waals surface area contributed by atoms with E-state index >= 15 is 0 Å². The first-order valence-corrected chi connectivity index (χ1v) is 6.00. The average molecular weight is 231 g/mol. The summed E-state index contributed by atoms with van der Waals surface area (Å²) in [5.41, 5.74) is 0. The summed E-state index contributed by atoms with van der Waals surface area (Å²) < 4.78 is 4.92. The van der Waals surface area contributed by atoms with Gasteiger partial charge in [-0.15, -0.1) is 0 Å². The normalized spacial score (nSPS) is 9.80. The minimum atomic E-state index is -0.335. The molecule has 0 radical (unpaired) electrons. The number of hydrogen-bond donors (Lipinski definition) is 0. The number of hydrogen-bond acceptors (Lipinski definition) is 3. The average Bonchev–Trinajstić information content (AvgIpc) is 2.17. The molecule has 15 heavy (non-hydrogen) atoms. The van der Waals surface area contributed by atoms with Gasteiger partial charge in [0.15, 0.2) is 0 Å². The zero-order valence-corrected chi connectivity index (χ0v) is 10.7. The molecule has 0 bridgehead atoms. The monoisotopic (exact) mass is 231 g/mol. The third kappa shape index (κ3) is 7.31. The minimum absolute atomic E-state index is 0.324. The van der Waals surface area contributed by atoms with Crippen molar-refractivity contribution in [2.45, 2.75) is 46.5 Å². The van der Waals surface area contributed by atoms with E-state index in [-0.39, 0.29) is 5.97 Å². The van der Waals surface area contributed by atoms with Crippen molar-refractivity contribution < 1.29 is 9.53 Å². The number of rotatable bonds is 6. The number of carbonyl (C=O) groups is 1. The smallest absolute Gasteiger partial charge is 0.309 e. The summed E-state index contributed by atoms with van der Waals surface area (Å²) in [7, 11) is 0. The lowest BCUT2D eigenvalue weighted by Gasteiger charge is -2.23. The molecular formula is C11H21NO2S. The van der Waals surface area contributed by atoms with Crippen molar-refractivity contribution in [3.8, 4) is 0 Å². The molecule has 0 saturated heterocycles. The van der Waals surface area contributed by atoms with Gasteiger partial charge in [0, 0.05) is 20.0 Å². The predicted octanol–water partition coefficient (Wildman–Crippen LogP) is 2.74. The van der Waals surface area contributed by atoms with Gasteiger partial charge in [-0.05, 0) is 25.1 Å². The van der Waals surface area contributed by atoms with Crippen LogP contribution in [0, 0.1) is 0 Å². The first-order valence-electron chi connectivity index (χ1n) is 5.59. The molecule has 0 aliphatic heterocycles. The van der Waals surface area contributed by atoms with Crippen LogP contribution in [0.25, 0.3) is 0 Å². The number of thiocarbonyl (C=S) groups is 1. The molecule has 0 amide bonds. The first-order chi connectivity index (χ1) is 7.11. The Morgan fingerprint density at radius 2 is 1.67 bits per heavy atom. The van der Waals surface area contributed by atoms with E-state index in [1.54, 1.807) is 0 Å². The van der Waals surface area contributed by atoms with Crippen LogP contribution in [-0.2, 0) is 9.53 Å². The van der Waals surface area contributed by atoms with Crippen LogP contribution < -0.4 is 0 Å². The van der Waals surface area contributed by atoms with Crippen LogP contribution in [-0.4, -0.2) is 29.1 Å². The van der Waals surface area contributed by atoms with Crippen LogP contribution in [0.15, 0.2) is 0 Å². The highest BCUT2D eigenvalue weighted by Gasteiger charge is 2.11. The molecule has 0 aromatic rings. The Kier molecular flexibility index (Phi) is 8.28. The maximum Gasteiger partial charge on any atom is 0.309 e. The van der Waals surface area contributed by atoms with E-state index in [4.69, 9.17) is 17.0 Å². The summed E-state index contributed by atoms with van der Waals surface area (Å²) in [6.45, 7) is 7.40. The Balaban J connectivity index is 4.07. The van der Waals surface area contributed by atoms with Crippen molar-refractivity contribution in [1.29, 1.82) is 0 Å². The van der Waals surface area contributed by atoms with Gasteiger partial charge in [-0.2, -0.15) is 0 Å². The van der Waals surface area contributed by atoms with Gasteiger partial charge in [0.2, 0.25) is 0 Å². The Morgan fingerprint density at radius 1 is 1.20 bits per heavy atom. The Hall–Kier alpha value is -0.640. The van der Waals surface area contributed by atoms with E-state index in [2.05, 4.69) is 13.8 Å². The van der Waals surface area contributed by atoms with Gasteiger partial charge < -0.3 is 9.64 Å². The quantitative estimate of drug-likeness (QED) is 0.519. The van der Waals surface area contributed by atoms with E-state index in [0.29, 0.717) is 5.17 Å².